The normalized spacial score (nSPS) is 28.3. The first-order valence-electron chi connectivity index (χ1n) is 7.79. The number of hydrogen-bond donors (Lipinski definition) is 2. The van der Waals surface area contributed by atoms with Gasteiger partial charge in [-0.1, -0.05) is 12.8 Å². The highest BCUT2D eigenvalue weighted by molar-refractivity contribution is 7.10. The summed E-state index contributed by atoms with van der Waals surface area (Å²) in [5, 5.41) is 8.71. The number of carbonyl (C=O) groups excluding carboxylic acids is 1. The molecular formula is C16H24N2O2S. The molecule has 5 heteroatoms. The van der Waals surface area contributed by atoms with Crippen molar-refractivity contribution in [3.8, 4) is 0 Å². The van der Waals surface area contributed by atoms with Crippen molar-refractivity contribution in [1.82, 2.24) is 10.6 Å². The second kappa shape index (κ2) is 6.46. The number of carbonyl (C=O) groups is 1. The lowest BCUT2D eigenvalue weighted by atomic mass is 9.67. The minimum atomic E-state index is -0.148. The maximum Gasteiger partial charge on any atom is 0.228 e. The summed E-state index contributed by atoms with van der Waals surface area (Å²) in [5.41, 5.74) is 1.04. The summed E-state index contributed by atoms with van der Waals surface area (Å²) in [5.74, 6) is 0.775. The van der Waals surface area contributed by atoms with Gasteiger partial charge in [0.2, 0.25) is 5.91 Å². The van der Waals surface area contributed by atoms with Crippen LogP contribution in [-0.4, -0.2) is 26.1 Å². The first kappa shape index (κ1) is 15.0. The quantitative estimate of drug-likeness (QED) is 0.877. The van der Waals surface area contributed by atoms with Crippen LogP contribution < -0.4 is 10.6 Å². The van der Waals surface area contributed by atoms with Crippen molar-refractivity contribution in [2.75, 3.05) is 20.2 Å². The van der Waals surface area contributed by atoms with Gasteiger partial charge in [-0.25, -0.2) is 0 Å². The Hall–Kier alpha value is -0.910. The number of amides is 1. The first-order chi connectivity index (χ1) is 10.2. The largest absolute Gasteiger partial charge is 0.380 e. The van der Waals surface area contributed by atoms with E-state index in [2.05, 4.69) is 22.1 Å². The smallest absolute Gasteiger partial charge is 0.228 e. The zero-order valence-electron chi connectivity index (χ0n) is 12.6. The zero-order valence-corrected chi connectivity index (χ0v) is 13.4. The van der Waals surface area contributed by atoms with Crippen LogP contribution in [0.3, 0.4) is 0 Å². The molecule has 0 unspecified atom stereocenters. The Labute approximate surface area is 130 Å². The molecule has 2 atom stereocenters. The molecule has 1 aromatic rings. The Balaban J connectivity index is 1.60. The van der Waals surface area contributed by atoms with Crippen molar-refractivity contribution < 1.29 is 9.53 Å². The highest BCUT2D eigenvalue weighted by Crippen LogP contribution is 2.43. The van der Waals surface area contributed by atoms with E-state index in [1.807, 2.05) is 0 Å². The van der Waals surface area contributed by atoms with Crippen LogP contribution in [0.15, 0.2) is 11.4 Å². The van der Waals surface area contributed by atoms with Crippen LogP contribution in [0.2, 0.25) is 0 Å². The third-order valence-electron chi connectivity index (χ3n) is 4.93. The number of hydrogen-bond acceptors (Lipinski definition) is 4. The molecule has 1 saturated carbocycles. The maximum atomic E-state index is 12.7. The van der Waals surface area contributed by atoms with Crippen LogP contribution in [0.1, 0.15) is 36.1 Å². The lowest BCUT2D eigenvalue weighted by molar-refractivity contribution is -0.134. The second-order valence-electron chi connectivity index (χ2n) is 6.27. The minimum absolute atomic E-state index is 0.148. The number of rotatable bonds is 5. The molecule has 1 aliphatic heterocycles. The summed E-state index contributed by atoms with van der Waals surface area (Å²) in [7, 11) is 1.70. The molecule has 2 N–H and O–H groups in total. The van der Waals surface area contributed by atoms with Gasteiger partial charge in [-0.15, -0.1) is 11.3 Å². The van der Waals surface area contributed by atoms with Crippen LogP contribution in [-0.2, 0) is 22.7 Å². The zero-order chi connectivity index (χ0) is 14.7. The third-order valence-corrected chi connectivity index (χ3v) is 5.92. The Kier molecular flexibility index (Phi) is 4.62. The van der Waals surface area contributed by atoms with Crippen molar-refractivity contribution in [2.45, 2.75) is 38.8 Å². The molecule has 2 heterocycles. The van der Waals surface area contributed by atoms with E-state index in [0.717, 1.165) is 19.5 Å². The van der Waals surface area contributed by atoms with Gasteiger partial charge in [-0.3, -0.25) is 4.79 Å². The number of methoxy groups -OCH3 is 1. The van der Waals surface area contributed by atoms with Crippen LogP contribution >= 0.6 is 11.3 Å². The highest BCUT2D eigenvalue weighted by atomic mass is 32.1. The lowest BCUT2D eigenvalue weighted by Crippen LogP contribution is -2.47. The van der Waals surface area contributed by atoms with E-state index in [-0.39, 0.29) is 11.3 Å². The number of ether oxygens (including phenoxy) is 1. The van der Waals surface area contributed by atoms with Gasteiger partial charge in [-0.05, 0) is 42.3 Å². The predicted molar refractivity (Wildman–Crippen MR) is 84.1 cm³/mol. The fourth-order valence-corrected chi connectivity index (χ4v) is 4.61. The van der Waals surface area contributed by atoms with Gasteiger partial charge >= 0.3 is 0 Å². The summed E-state index contributed by atoms with van der Waals surface area (Å²) in [4.78, 5) is 13.9. The topological polar surface area (TPSA) is 50.4 Å². The molecule has 4 nitrogen and oxygen atoms in total. The van der Waals surface area contributed by atoms with Crippen molar-refractivity contribution in [3.63, 3.8) is 0 Å². The molecule has 1 aromatic heterocycles. The molecule has 1 amide bonds. The molecule has 3 rings (SSSR count). The average Bonchev–Trinajstić information content (AvgIpc) is 3.12. The number of thiophene rings is 1. The van der Waals surface area contributed by atoms with Crippen molar-refractivity contribution >= 4 is 17.2 Å². The SMILES string of the molecule is COCc1csc(CNC(=O)[C@@]23CCCC[C@H]2CNC3)c1. The predicted octanol–water partition coefficient (Wildman–Crippen LogP) is 2.29. The molecule has 21 heavy (non-hydrogen) atoms. The second-order valence-corrected chi connectivity index (χ2v) is 7.26. The van der Waals surface area contributed by atoms with Gasteiger partial charge in [0.15, 0.2) is 0 Å². The minimum Gasteiger partial charge on any atom is -0.380 e. The molecule has 1 aliphatic carbocycles. The summed E-state index contributed by atoms with van der Waals surface area (Å²) in [6.07, 6.45) is 4.68. The molecule has 0 aromatic carbocycles. The van der Waals surface area contributed by atoms with Crippen LogP contribution in [0.4, 0.5) is 0 Å². The van der Waals surface area contributed by atoms with Crippen LogP contribution in [0, 0.1) is 11.3 Å². The standard InChI is InChI=1S/C16H24N2O2S/c1-20-9-12-6-14(21-10-12)8-18-15(19)16-5-3-2-4-13(16)7-17-11-16/h6,10,13,17H,2-5,7-9,11H2,1H3,(H,18,19)/t13-,16+/m0/s1. The Morgan fingerprint density at radius 3 is 3.33 bits per heavy atom. The maximum absolute atomic E-state index is 12.7. The van der Waals surface area contributed by atoms with Gasteiger partial charge in [-0.2, -0.15) is 0 Å². The highest BCUT2D eigenvalue weighted by Gasteiger charge is 2.49. The van der Waals surface area contributed by atoms with Gasteiger partial charge < -0.3 is 15.4 Å². The molecule has 0 bridgehead atoms. The van der Waals surface area contributed by atoms with Crippen molar-refractivity contribution in [3.05, 3.63) is 21.9 Å². The first-order valence-corrected chi connectivity index (χ1v) is 8.67. The monoisotopic (exact) mass is 308 g/mol. The van der Waals surface area contributed by atoms with E-state index in [1.54, 1.807) is 18.4 Å². The van der Waals surface area contributed by atoms with Crippen LogP contribution in [0.5, 0.6) is 0 Å². The molecule has 2 aliphatic rings. The van der Waals surface area contributed by atoms with Crippen molar-refractivity contribution in [1.29, 1.82) is 0 Å². The van der Waals surface area contributed by atoms with Gasteiger partial charge in [0, 0.05) is 18.5 Å². The molecule has 2 fully saturated rings. The number of nitrogens with one attached hydrogen (secondary N) is 2. The van der Waals surface area contributed by atoms with E-state index in [1.165, 1.54) is 29.7 Å². The molecule has 0 spiro atoms. The van der Waals surface area contributed by atoms with E-state index < -0.39 is 0 Å². The number of fused-ring (bicyclic) bond motifs is 1. The summed E-state index contributed by atoms with van der Waals surface area (Å²) in [6, 6.07) is 2.12. The fraction of sp³-hybridized carbons (Fsp3) is 0.688. The fourth-order valence-electron chi connectivity index (χ4n) is 3.80. The molecule has 116 valence electrons. The molecule has 0 radical (unpaired) electrons. The molecule has 1 saturated heterocycles. The van der Waals surface area contributed by atoms with Crippen molar-refractivity contribution in [2.24, 2.45) is 11.3 Å². The van der Waals surface area contributed by atoms with E-state index >= 15 is 0 Å². The average molecular weight is 308 g/mol. The Bertz CT molecular complexity index is 502. The van der Waals surface area contributed by atoms with Gasteiger partial charge in [0.25, 0.3) is 0 Å². The third kappa shape index (κ3) is 3.00. The van der Waals surface area contributed by atoms with E-state index in [0.29, 0.717) is 19.1 Å². The summed E-state index contributed by atoms with van der Waals surface area (Å²) >= 11 is 1.69. The van der Waals surface area contributed by atoms with Crippen LogP contribution in [0.25, 0.3) is 0 Å². The summed E-state index contributed by atoms with van der Waals surface area (Å²) < 4.78 is 5.13. The van der Waals surface area contributed by atoms with Gasteiger partial charge in [0.1, 0.15) is 0 Å². The van der Waals surface area contributed by atoms with E-state index in [4.69, 9.17) is 4.74 Å². The summed E-state index contributed by atoms with van der Waals surface area (Å²) in [6.45, 7) is 3.13. The Morgan fingerprint density at radius 2 is 2.48 bits per heavy atom. The van der Waals surface area contributed by atoms with E-state index in [9.17, 15) is 4.79 Å². The Morgan fingerprint density at radius 1 is 1.57 bits per heavy atom. The lowest BCUT2D eigenvalue weighted by Gasteiger charge is -2.37. The molecular weight excluding hydrogens is 284 g/mol. The van der Waals surface area contributed by atoms with Gasteiger partial charge in [0.05, 0.1) is 18.6 Å².